The molecule has 1 N–H and O–H groups in total. The fraction of sp³-hybridized carbons (Fsp3) is 0.444. The fourth-order valence-electron chi connectivity index (χ4n) is 2.81. The Kier molecular flexibility index (Phi) is 7.61. The van der Waals surface area contributed by atoms with E-state index in [0.717, 1.165) is 12.5 Å². The van der Waals surface area contributed by atoms with E-state index in [2.05, 4.69) is 10.4 Å². The summed E-state index contributed by atoms with van der Waals surface area (Å²) in [6.45, 7) is 2.73. The van der Waals surface area contributed by atoms with Crippen molar-refractivity contribution in [3.8, 4) is 5.88 Å². The molecule has 1 aromatic carbocycles. The number of rotatable bonds is 10. The van der Waals surface area contributed by atoms with Crippen LogP contribution in [0.2, 0.25) is 0 Å². The summed E-state index contributed by atoms with van der Waals surface area (Å²) >= 11 is 0. The van der Waals surface area contributed by atoms with Crippen LogP contribution in [0.15, 0.2) is 29.3 Å². The van der Waals surface area contributed by atoms with Crippen LogP contribution in [0.3, 0.4) is 0 Å². The zero-order valence-corrected chi connectivity index (χ0v) is 18.8. The minimum absolute atomic E-state index is 0.0177. The maximum Gasteiger partial charge on any atom is 0.345 e. The van der Waals surface area contributed by atoms with E-state index in [1.165, 1.54) is 36.2 Å². The molecule has 0 aliphatic rings. The lowest BCUT2D eigenvalue weighted by atomic mass is 10.1. The standard InChI is InChI=1S/C18H25N3O7S2/c1-5-21-16(8-9-20-21)28-18(22)13-6-7-15(30(4,25)26)17(19-10-11-27-2)14(13)12-29(3,23)24/h6-9,19H,5,10-12H2,1-4H3. The predicted molar refractivity (Wildman–Crippen MR) is 111 cm³/mol. The molecule has 12 heteroatoms. The quantitative estimate of drug-likeness (QED) is 0.410. The highest BCUT2D eigenvalue weighted by molar-refractivity contribution is 7.91. The van der Waals surface area contributed by atoms with Crippen LogP contribution in [0, 0.1) is 0 Å². The highest BCUT2D eigenvalue weighted by Crippen LogP contribution is 2.31. The Labute approximate surface area is 176 Å². The summed E-state index contributed by atoms with van der Waals surface area (Å²) in [6, 6.07) is 4.01. The van der Waals surface area contributed by atoms with Gasteiger partial charge in [-0.3, -0.25) is 0 Å². The molecule has 1 heterocycles. The number of aryl methyl sites for hydroxylation is 1. The second-order valence-electron chi connectivity index (χ2n) is 6.60. The van der Waals surface area contributed by atoms with Crippen LogP contribution in [0.5, 0.6) is 5.88 Å². The maximum atomic E-state index is 12.9. The molecule has 0 spiro atoms. The van der Waals surface area contributed by atoms with E-state index < -0.39 is 31.4 Å². The number of methoxy groups -OCH3 is 1. The smallest absolute Gasteiger partial charge is 0.345 e. The van der Waals surface area contributed by atoms with Gasteiger partial charge in [0.15, 0.2) is 19.7 Å². The van der Waals surface area contributed by atoms with Gasteiger partial charge in [-0.05, 0) is 19.1 Å². The fourth-order valence-corrected chi connectivity index (χ4v) is 4.51. The third-order valence-corrected chi connectivity index (χ3v) is 6.04. The number of carbonyl (C=O) groups excluding carboxylic acids is 1. The summed E-state index contributed by atoms with van der Waals surface area (Å²) in [7, 11) is -5.86. The van der Waals surface area contributed by atoms with Crippen LogP contribution in [0.1, 0.15) is 22.8 Å². The summed E-state index contributed by atoms with van der Waals surface area (Å²) < 4.78 is 60.5. The van der Waals surface area contributed by atoms with Gasteiger partial charge in [0.1, 0.15) is 0 Å². The number of sulfone groups is 2. The molecule has 166 valence electrons. The van der Waals surface area contributed by atoms with Gasteiger partial charge in [0.2, 0.25) is 5.88 Å². The summed E-state index contributed by atoms with van der Waals surface area (Å²) in [5.41, 5.74) is -0.000823. The zero-order valence-electron chi connectivity index (χ0n) is 17.2. The molecule has 0 saturated heterocycles. The summed E-state index contributed by atoms with van der Waals surface area (Å²) in [4.78, 5) is 12.8. The molecule has 0 bridgehead atoms. The second-order valence-corrected chi connectivity index (χ2v) is 10.7. The minimum atomic E-state index is -3.72. The largest absolute Gasteiger partial charge is 0.404 e. The first-order valence-corrected chi connectivity index (χ1v) is 12.9. The SMILES string of the molecule is CCn1nccc1OC(=O)c1ccc(S(C)(=O)=O)c(NCCOC)c1CS(C)(=O)=O. The number of aromatic nitrogens is 2. The van der Waals surface area contributed by atoms with E-state index in [1.807, 2.05) is 6.92 Å². The molecule has 0 radical (unpaired) electrons. The number of hydrogen-bond donors (Lipinski definition) is 1. The summed E-state index contributed by atoms with van der Waals surface area (Å²) in [5.74, 6) is -1.18. The third kappa shape index (κ3) is 6.03. The Bertz CT molecular complexity index is 1120. The molecular weight excluding hydrogens is 434 g/mol. The van der Waals surface area contributed by atoms with Gasteiger partial charge in [0.25, 0.3) is 0 Å². The molecule has 10 nitrogen and oxygen atoms in total. The van der Waals surface area contributed by atoms with Crippen LogP contribution in [-0.4, -0.2) is 65.4 Å². The number of ether oxygens (including phenoxy) is 2. The van der Waals surface area contributed by atoms with Crippen LogP contribution in [0.4, 0.5) is 5.69 Å². The molecule has 0 fully saturated rings. The van der Waals surface area contributed by atoms with Crippen molar-refractivity contribution < 1.29 is 31.1 Å². The highest BCUT2D eigenvalue weighted by atomic mass is 32.2. The van der Waals surface area contributed by atoms with Crippen molar-refractivity contribution in [3.05, 3.63) is 35.5 Å². The topological polar surface area (TPSA) is 134 Å². The number of carbonyl (C=O) groups is 1. The lowest BCUT2D eigenvalue weighted by Gasteiger charge is -2.18. The Morgan fingerprint density at radius 1 is 1.17 bits per heavy atom. The van der Waals surface area contributed by atoms with Gasteiger partial charge in [0.05, 0.1) is 34.7 Å². The molecule has 1 aromatic heterocycles. The van der Waals surface area contributed by atoms with Gasteiger partial charge in [-0.15, -0.1) is 0 Å². The molecule has 0 amide bonds. The molecule has 0 aliphatic heterocycles. The Morgan fingerprint density at radius 2 is 1.87 bits per heavy atom. The highest BCUT2D eigenvalue weighted by Gasteiger charge is 2.26. The van der Waals surface area contributed by atoms with Crippen molar-refractivity contribution in [1.82, 2.24) is 9.78 Å². The van der Waals surface area contributed by atoms with Crippen LogP contribution in [-0.2, 0) is 36.7 Å². The number of anilines is 1. The van der Waals surface area contributed by atoms with Gasteiger partial charge in [-0.25, -0.2) is 26.3 Å². The van der Waals surface area contributed by atoms with Crippen LogP contribution in [0.25, 0.3) is 0 Å². The first-order chi connectivity index (χ1) is 14.0. The van der Waals surface area contributed by atoms with E-state index in [9.17, 15) is 21.6 Å². The van der Waals surface area contributed by atoms with Gasteiger partial charge < -0.3 is 14.8 Å². The first kappa shape index (κ1) is 23.8. The van der Waals surface area contributed by atoms with Crippen molar-refractivity contribution in [2.45, 2.75) is 24.1 Å². The van der Waals surface area contributed by atoms with Crippen molar-refractivity contribution in [1.29, 1.82) is 0 Å². The lowest BCUT2D eigenvalue weighted by molar-refractivity contribution is 0.0717. The summed E-state index contributed by atoms with van der Waals surface area (Å²) in [5, 5.41) is 6.91. The molecule has 0 aliphatic carbocycles. The molecule has 0 atom stereocenters. The first-order valence-electron chi connectivity index (χ1n) is 8.98. The van der Waals surface area contributed by atoms with Crippen molar-refractivity contribution in [2.24, 2.45) is 0 Å². The molecule has 2 aromatic rings. The van der Waals surface area contributed by atoms with Gasteiger partial charge >= 0.3 is 5.97 Å². The van der Waals surface area contributed by atoms with Crippen molar-refractivity contribution in [3.63, 3.8) is 0 Å². The second kappa shape index (κ2) is 9.58. The van der Waals surface area contributed by atoms with E-state index in [1.54, 1.807) is 0 Å². The number of benzene rings is 1. The maximum absolute atomic E-state index is 12.9. The number of nitrogens with one attached hydrogen (secondary N) is 1. The summed E-state index contributed by atoms with van der Waals surface area (Å²) in [6.07, 6.45) is 3.47. The van der Waals surface area contributed by atoms with Crippen molar-refractivity contribution >= 4 is 31.3 Å². The van der Waals surface area contributed by atoms with Crippen LogP contribution < -0.4 is 10.1 Å². The molecule has 0 unspecified atom stereocenters. The van der Waals surface area contributed by atoms with Gasteiger partial charge in [0, 0.05) is 44.3 Å². The normalized spacial score (nSPS) is 12.0. The van der Waals surface area contributed by atoms with Gasteiger partial charge in [-0.1, -0.05) is 0 Å². The van der Waals surface area contributed by atoms with E-state index in [4.69, 9.17) is 9.47 Å². The molecular formula is C18H25N3O7S2. The monoisotopic (exact) mass is 459 g/mol. The number of esters is 1. The van der Waals surface area contributed by atoms with Crippen LogP contribution >= 0.6 is 0 Å². The van der Waals surface area contributed by atoms with E-state index in [0.29, 0.717) is 6.54 Å². The van der Waals surface area contributed by atoms with Gasteiger partial charge in [-0.2, -0.15) is 5.10 Å². The lowest BCUT2D eigenvalue weighted by Crippen LogP contribution is -2.20. The minimum Gasteiger partial charge on any atom is -0.404 e. The van der Waals surface area contributed by atoms with E-state index >= 15 is 0 Å². The number of hydrogen-bond acceptors (Lipinski definition) is 9. The molecule has 0 saturated carbocycles. The third-order valence-electron chi connectivity index (χ3n) is 4.08. The predicted octanol–water partition coefficient (Wildman–Crippen LogP) is 1.13. The average Bonchev–Trinajstić information content (AvgIpc) is 3.07. The zero-order chi connectivity index (χ0) is 22.5. The van der Waals surface area contributed by atoms with E-state index in [-0.39, 0.29) is 40.7 Å². The average molecular weight is 460 g/mol. The molecule has 30 heavy (non-hydrogen) atoms. The van der Waals surface area contributed by atoms with Crippen molar-refractivity contribution in [2.75, 3.05) is 38.1 Å². The molecule has 2 rings (SSSR count). The Balaban J connectivity index is 2.63. The Morgan fingerprint density at radius 3 is 2.43 bits per heavy atom. The number of nitrogens with zero attached hydrogens (tertiary/aromatic N) is 2. The Hall–Kier alpha value is -2.44.